The smallest absolute Gasteiger partial charge is 0.320 e. The van der Waals surface area contributed by atoms with Gasteiger partial charge in [-0.25, -0.2) is 9.07 Å². The lowest BCUT2D eigenvalue weighted by Gasteiger charge is -2.33. The fourth-order valence-corrected chi connectivity index (χ4v) is 4.76. The molecular formula is C23H29FN6O3. The summed E-state index contributed by atoms with van der Waals surface area (Å²) in [5, 5.41) is 18.2. The number of aliphatic hydroxyl groups excluding tert-OH is 1. The zero-order chi connectivity index (χ0) is 22.9. The lowest BCUT2D eigenvalue weighted by atomic mass is 9.85. The van der Waals surface area contributed by atoms with Gasteiger partial charge in [-0.05, 0) is 43.1 Å². The third-order valence-electron chi connectivity index (χ3n) is 6.51. The van der Waals surface area contributed by atoms with Crippen molar-refractivity contribution in [3.05, 3.63) is 35.5 Å². The van der Waals surface area contributed by atoms with Crippen LogP contribution in [0.2, 0.25) is 0 Å². The maximum absolute atomic E-state index is 14.7. The largest absolute Gasteiger partial charge is 0.467 e. The van der Waals surface area contributed by atoms with Crippen molar-refractivity contribution in [3.63, 3.8) is 0 Å². The van der Waals surface area contributed by atoms with Gasteiger partial charge in [-0.3, -0.25) is 0 Å². The van der Waals surface area contributed by atoms with Gasteiger partial charge in [-0.2, -0.15) is 15.1 Å². The Morgan fingerprint density at radius 3 is 2.91 bits per heavy atom. The van der Waals surface area contributed by atoms with Gasteiger partial charge in [0.1, 0.15) is 12.0 Å². The van der Waals surface area contributed by atoms with Crippen LogP contribution in [0.1, 0.15) is 23.5 Å². The topological polar surface area (TPSA) is 97.6 Å². The molecule has 2 saturated heterocycles. The average Bonchev–Trinajstić information content (AvgIpc) is 3.26. The Kier molecular flexibility index (Phi) is 6.13. The van der Waals surface area contributed by atoms with Gasteiger partial charge >= 0.3 is 6.01 Å². The second-order valence-corrected chi connectivity index (χ2v) is 8.63. The minimum atomic E-state index is -0.919. The standard InChI is InChI=1S/C23H29FN6O3/c1-14-7-15-10-26-30(20(15)8-18(14)17-3-4-25-11-19(17)24)22-9-21(27-23(28-22)32-2)29-5-6-33-16(12-29)13-31/h7-10,16-17,19,25,31H,3-6,11-13H2,1-2H3/t16-,17+,19+/m0/s1. The van der Waals surface area contributed by atoms with E-state index in [0.29, 0.717) is 37.9 Å². The first kappa shape index (κ1) is 22.0. The molecule has 0 radical (unpaired) electrons. The van der Waals surface area contributed by atoms with Gasteiger partial charge < -0.3 is 24.8 Å². The number of aromatic nitrogens is 4. The summed E-state index contributed by atoms with van der Waals surface area (Å²) >= 11 is 0. The molecule has 2 N–H and O–H groups in total. The molecule has 3 aromatic rings. The fourth-order valence-electron chi connectivity index (χ4n) is 4.76. The first-order chi connectivity index (χ1) is 16.1. The summed E-state index contributed by atoms with van der Waals surface area (Å²) in [6.07, 6.45) is 1.37. The summed E-state index contributed by atoms with van der Waals surface area (Å²) in [6.45, 7) is 4.83. The van der Waals surface area contributed by atoms with Crippen LogP contribution in [0.4, 0.5) is 10.2 Å². The number of methoxy groups -OCH3 is 1. The van der Waals surface area contributed by atoms with Crippen LogP contribution in [-0.2, 0) is 4.74 Å². The number of aryl methyl sites for hydroxylation is 1. The van der Waals surface area contributed by atoms with E-state index in [1.54, 1.807) is 10.9 Å². The maximum atomic E-state index is 14.7. The second-order valence-electron chi connectivity index (χ2n) is 8.63. The number of morpholine rings is 1. The third kappa shape index (κ3) is 4.25. The van der Waals surface area contributed by atoms with Gasteiger partial charge in [-0.1, -0.05) is 0 Å². The number of nitrogens with zero attached hydrogens (tertiary/aromatic N) is 5. The third-order valence-corrected chi connectivity index (χ3v) is 6.51. The van der Waals surface area contributed by atoms with E-state index >= 15 is 0 Å². The molecule has 0 aliphatic carbocycles. The molecule has 2 fully saturated rings. The lowest BCUT2D eigenvalue weighted by molar-refractivity contribution is 0.00333. The summed E-state index contributed by atoms with van der Waals surface area (Å²) in [7, 11) is 1.53. The highest BCUT2D eigenvalue weighted by Gasteiger charge is 2.28. The molecule has 4 heterocycles. The van der Waals surface area contributed by atoms with E-state index in [2.05, 4.69) is 26.4 Å². The van der Waals surface area contributed by atoms with E-state index < -0.39 is 6.17 Å². The number of ether oxygens (including phenoxy) is 2. The predicted octanol–water partition coefficient (Wildman–Crippen LogP) is 1.75. The van der Waals surface area contributed by atoms with Gasteiger partial charge in [0.05, 0.1) is 38.1 Å². The van der Waals surface area contributed by atoms with Gasteiger partial charge in [0.15, 0.2) is 5.82 Å². The Morgan fingerprint density at radius 2 is 2.12 bits per heavy atom. The van der Waals surface area contributed by atoms with E-state index in [1.165, 1.54) is 7.11 Å². The molecule has 10 heteroatoms. The van der Waals surface area contributed by atoms with E-state index in [0.717, 1.165) is 35.0 Å². The SMILES string of the molecule is COc1nc(N2CCO[C@H](CO)C2)cc(-n2ncc3cc(C)c([C@H]4CCNC[C@H]4F)cc32)n1. The van der Waals surface area contributed by atoms with Crippen molar-refractivity contribution < 1.29 is 19.0 Å². The number of hydrogen-bond acceptors (Lipinski definition) is 8. The first-order valence-corrected chi connectivity index (χ1v) is 11.3. The van der Waals surface area contributed by atoms with E-state index in [-0.39, 0.29) is 24.6 Å². The number of hydrogen-bond donors (Lipinski definition) is 2. The molecule has 2 aromatic heterocycles. The lowest BCUT2D eigenvalue weighted by Crippen LogP contribution is -2.44. The van der Waals surface area contributed by atoms with Crippen LogP contribution < -0.4 is 15.0 Å². The minimum absolute atomic E-state index is 0.0518. The number of halogens is 1. The van der Waals surface area contributed by atoms with E-state index in [4.69, 9.17) is 9.47 Å². The number of alkyl halides is 1. The molecular weight excluding hydrogens is 427 g/mol. The zero-order valence-corrected chi connectivity index (χ0v) is 18.9. The summed E-state index contributed by atoms with van der Waals surface area (Å²) in [5.41, 5.74) is 2.95. The first-order valence-electron chi connectivity index (χ1n) is 11.3. The Labute approximate surface area is 191 Å². The molecule has 3 atom stereocenters. The molecule has 176 valence electrons. The monoisotopic (exact) mass is 456 g/mol. The van der Waals surface area contributed by atoms with Crippen molar-refractivity contribution in [1.29, 1.82) is 0 Å². The van der Waals surface area contributed by atoms with Crippen molar-refractivity contribution in [3.8, 4) is 11.8 Å². The summed E-state index contributed by atoms with van der Waals surface area (Å²) in [6, 6.07) is 6.20. The van der Waals surface area contributed by atoms with E-state index in [1.807, 2.05) is 24.0 Å². The number of piperidine rings is 1. The summed E-state index contributed by atoms with van der Waals surface area (Å²) < 4.78 is 27.4. The Hall–Kier alpha value is -2.82. The van der Waals surface area contributed by atoms with Gasteiger partial charge in [0, 0.05) is 37.0 Å². The molecule has 0 amide bonds. The van der Waals surface area contributed by atoms with Crippen molar-refractivity contribution in [1.82, 2.24) is 25.1 Å². The molecule has 0 spiro atoms. The molecule has 1 aromatic carbocycles. The maximum Gasteiger partial charge on any atom is 0.320 e. The van der Waals surface area contributed by atoms with Crippen molar-refractivity contribution in [2.45, 2.75) is 31.5 Å². The number of fused-ring (bicyclic) bond motifs is 1. The number of benzene rings is 1. The molecule has 0 saturated carbocycles. The predicted molar refractivity (Wildman–Crippen MR) is 122 cm³/mol. The molecule has 5 rings (SSSR count). The average molecular weight is 457 g/mol. The second kappa shape index (κ2) is 9.20. The van der Waals surface area contributed by atoms with Crippen LogP contribution in [0.3, 0.4) is 0 Å². The zero-order valence-electron chi connectivity index (χ0n) is 18.9. The van der Waals surface area contributed by atoms with Crippen molar-refractivity contribution in [2.24, 2.45) is 0 Å². The molecule has 0 unspecified atom stereocenters. The number of anilines is 1. The molecule has 9 nitrogen and oxygen atoms in total. The highest BCUT2D eigenvalue weighted by atomic mass is 19.1. The van der Waals surface area contributed by atoms with Crippen LogP contribution >= 0.6 is 0 Å². The van der Waals surface area contributed by atoms with Gasteiger partial charge in [0.2, 0.25) is 0 Å². The van der Waals surface area contributed by atoms with Crippen molar-refractivity contribution >= 4 is 16.7 Å². The van der Waals surface area contributed by atoms with Crippen LogP contribution in [0.5, 0.6) is 6.01 Å². The van der Waals surface area contributed by atoms with E-state index in [9.17, 15) is 9.50 Å². The highest BCUT2D eigenvalue weighted by Crippen LogP contribution is 2.33. The van der Waals surface area contributed by atoms with Crippen LogP contribution in [-0.4, -0.2) is 83.6 Å². The van der Waals surface area contributed by atoms with Crippen molar-refractivity contribution in [2.75, 3.05) is 51.4 Å². The summed E-state index contributed by atoms with van der Waals surface area (Å²) in [4.78, 5) is 11.1. The Morgan fingerprint density at radius 1 is 1.27 bits per heavy atom. The quantitative estimate of drug-likeness (QED) is 0.599. The molecule has 0 bridgehead atoms. The number of rotatable bonds is 5. The highest BCUT2D eigenvalue weighted by molar-refractivity contribution is 5.82. The van der Waals surface area contributed by atoms with Crippen LogP contribution in [0, 0.1) is 6.92 Å². The Balaban J connectivity index is 1.56. The summed E-state index contributed by atoms with van der Waals surface area (Å²) in [5.74, 6) is 1.10. The van der Waals surface area contributed by atoms with Gasteiger partial charge in [-0.15, -0.1) is 0 Å². The molecule has 33 heavy (non-hydrogen) atoms. The molecule has 2 aliphatic rings. The molecule has 2 aliphatic heterocycles. The number of nitrogens with one attached hydrogen (secondary N) is 1. The number of aliphatic hydroxyl groups is 1. The minimum Gasteiger partial charge on any atom is -0.467 e. The fraction of sp³-hybridized carbons (Fsp3) is 0.522. The van der Waals surface area contributed by atoms with Crippen LogP contribution in [0.15, 0.2) is 24.4 Å². The van der Waals surface area contributed by atoms with Gasteiger partial charge in [0.25, 0.3) is 0 Å². The van der Waals surface area contributed by atoms with Crippen LogP contribution in [0.25, 0.3) is 16.7 Å². The normalized spacial score (nSPS) is 23.8. The Bertz CT molecular complexity index is 1140.